The molecule has 4 aromatic rings. The summed E-state index contributed by atoms with van der Waals surface area (Å²) in [6.45, 7) is 9.10. The number of para-hydroxylation sites is 1. The van der Waals surface area contributed by atoms with E-state index in [-0.39, 0.29) is 5.41 Å². The van der Waals surface area contributed by atoms with Crippen LogP contribution in [0.2, 0.25) is 0 Å². The number of hydrogen-bond acceptors (Lipinski definition) is 0. The van der Waals surface area contributed by atoms with Gasteiger partial charge in [-0.3, -0.25) is 0 Å². The Balaban J connectivity index is 2.17. The zero-order valence-electron chi connectivity index (χ0n) is 15.5. The van der Waals surface area contributed by atoms with Crippen LogP contribution in [0, 0.1) is 0 Å². The van der Waals surface area contributed by atoms with Crippen LogP contribution >= 0.6 is 0 Å². The summed E-state index contributed by atoms with van der Waals surface area (Å²) < 4.78 is 2.42. The molecule has 0 spiro atoms. The van der Waals surface area contributed by atoms with Crippen LogP contribution in [0.3, 0.4) is 0 Å². The molecule has 0 fully saturated rings. The van der Waals surface area contributed by atoms with Crippen LogP contribution in [0.5, 0.6) is 0 Å². The van der Waals surface area contributed by atoms with Gasteiger partial charge in [0.25, 0.3) is 0 Å². The van der Waals surface area contributed by atoms with Gasteiger partial charge < -0.3 is 4.57 Å². The molecule has 25 heavy (non-hydrogen) atoms. The highest BCUT2D eigenvalue weighted by Crippen LogP contribution is 2.38. The Hall–Kier alpha value is -2.54. The van der Waals surface area contributed by atoms with E-state index >= 15 is 0 Å². The van der Waals surface area contributed by atoms with Crippen molar-refractivity contribution in [1.82, 2.24) is 4.57 Å². The fourth-order valence-corrected chi connectivity index (χ4v) is 3.84. The Morgan fingerprint density at radius 1 is 0.800 bits per heavy atom. The van der Waals surface area contributed by atoms with Gasteiger partial charge in [-0.05, 0) is 47.2 Å². The molecule has 0 unspecified atom stereocenters. The van der Waals surface area contributed by atoms with Crippen molar-refractivity contribution in [3.8, 4) is 5.69 Å². The van der Waals surface area contributed by atoms with Gasteiger partial charge in [-0.15, -0.1) is 0 Å². The second-order valence-electron chi connectivity index (χ2n) is 7.83. The van der Waals surface area contributed by atoms with Crippen molar-refractivity contribution in [2.75, 3.05) is 0 Å². The summed E-state index contributed by atoms with van der Waals surface area (Å²) in [7, 11) is 0. The zero-order valence-corrected chi connectivity index (χ0v) is 15.5. The summed E-state index contributed by atoms with van der Waals surface area (Å²) in [6.07, 6.45) is 1.05. The molecule has 0 N–H and O–H groups in total. The maximum Gasteiger partial charge on any atom is 0.0544 e. The van der Waals surface area contributed by atoms with Gasteiger partial charge in [-0.25, -0.2) is 0 Å². The van der Waals surface area contributed by atoms with Gasteiger partial charge in [0, 0.05) is 16.5 Å². The lowest BCUT2D eigenvalue weighted by atomic mass is 9.84. The van der Waals surface area contributed by atoms with Crippen molar-refractivity contribution >= 4 is 21.8 Å². The Kier molecular flexibility index (Phi) is 3.68. The number of aromatic nitrogens is 1. The van der Waals surface area contributed by atoms with Gasteiger partial charge in [-0.1, -0.05) is 70.2 Å². The third-order valence-corrected chi connectivity index (χ3v) is 5.08. The molecular formula is C24H25N. The van der Waals surface area contributed by atoms with Crippen LogP contribution in [0.15, 0.2) is 66.7 Å². The van der Waals surface area contributed by atoms with Gasteiger partial charge in [-0.2, -0.15) is 0 Å². The van der Waals surface area contributed by atoms with Gasteiger partial charge in [0.2, 0.25) is 0 Å². The molecule has 0 atom stereocenters. The molecule has 1 heteroatoms. The Labute approximate surface area is 149 Å². The highest BCUT2D eigenvalue weighted by molar-refractivity contribution is 6.11. The molecule has 1 nitrogen and oxygen atoms in total. The van der Waals surface area contributed by atoms with Crippen LogP contribution < -0.4 is 0 Å². The standard InChI is InChI=1S/C24H25N/c1-5-17-10-8-11-18(16-17)25-21-14-7-6-12-19(21)23-20(24(2,3)4)13-9-15-22(23)25/h6-16H,5H2,1-4H3. The Morgan fingerprint density at radius 3 is 2.28 bits per heavy atom. The van der Waals surface area contributed by atoms with Crippen molar-refractivity contribution in [3.05, 3.63) is 77.9 Å². The minimum Gasteiger partial charge on any atom is -0.309 e. The average molecular weight is 327 g/mol. The zero-order chi connectivity index (χ0) is 17.6. The lowest BCUT2D eigenvalue weighted by Gasteiger charge is -2.20. The summed E-state index contributed by atoms with van der Waals surface area (Å²) in [5.74, 6) is 0. The van der Waals surface area contributed by atoms with Crippen LogP contribution in [0.25, 0.3) is 27.5 Å². The number of hydrogen-bond donors (Lipinski definition) is 0. The van der Waals surface area contributed by atoms with E-state index < -0.39 is 0 Å². The van der Waals surface area contributed by atoms with Crippen LogP contribution in [0.1, 0.15) is 38.8 Å². The SMILES string of the molecule is CCc1cccc(-n2c3ccccc3c3c(C(C)(C)C)cccc32)c1. The number of fused-ring (bicyclic) bond motifs is 3. The molecule has 0 radical (unpaired) electrons. The smallest absolute Gasteiger partial charge is 0.0544 e. The van der Waals surface area contributed by atoms with Crippen molar-refractivity contribution in [2.45, 2.75) is 39.5 Å². The highest BCUT2D eigenvalue weighted by atomic mass is 15.0. The molecule has 0 aliphatic carbocycles. The summed E-state index contributed by atoms with van der Waals surface area (Å²) in [5.41, 5.74) is 6.71. The van der Waals surface area contributed by atoms with E-state index in [0.29, 0.717) is 0 Å². The van der Waals surface area contributed by atoms with E-state index in [1.165, 1.54) is 38.6 Å². The van der Waals surface area contributed by atoms with Crippen LogP contribution in [-0.4, -0.2) is 4.57 Å². The molecule has 0 bridgehead atoms. The van der Waals surface area contributed by atoms with Crippen molar-refractivity contribution in [2.24, 2.45) is 0 Å². The van der Waals surface area contributed by atoms with Gasteiger partial charge >= 0.3 is 0 Å². The summed E-state index contributed by atoms with van der Waals surface area (Å²) in [5, 5.41) is 2.72. The van der Waals surface area contributed by atoms with E-state index in [1.807, 2.05) is 0 Å². The molecule has 0 saturated carbocycles. The molecule has 0 amide bonds. The van der Waals surface area contributed by atoms with Gasteiger partial charge in [0.1, 0.15) is 0 Å². The molecule has 126 valence electrons. The summed E-state index contributed by atoms with van der Waals surface area (Å²) >= 11 is 0. The average Bonchev–Trinajstić information content (AvgIpc) is 2.95. The van der Waals surface area contributed by atoms with Gasteiger partial charge in [0.15, 0.2) is 0 Å². The normalized spacial score (nSPS) is 12.2. The predicted molar refractivity (Wildman–Crippen MR) is 109 cm³/mol. The van der Waals surface area contributed by atoms with Crippen LogP contribution in [-0.2, 0) is 11.8 Å². The lowest BCUT2D eigenvalue weighted by molar-refractivity contribution is 0.596. The van der Waals surface area contributed by atoms with Crippen molar-refractivity contribution < 1.29 is 0 Å². The maximum absolute atomic E-state index is 2.42. The molecule has 0 aliphatic heterocycles. The first-order valence-electron chi connectivity index (χ1n) is 9.12. The fraction of sp³-hybridized carbons (Fsp3) is 0.250. The van der Waals surface area contributed by atoms with Crippen molar-refractivity contribution in [1.29, 1.82) is 0 Å². The predicted octanol–water partition coefficient (Wildman–Crippen LogP) is 6.64. The minimum atomic E-state index is 0.111. The summed E-state index contributed by atoms with van der Waals surface area (Å²) in [4.78, 5) is 0. The van der Waals surface area contributed by atoms with Crippen LogP contribution in [0.4, 0.5) is 0 Å². The largest absolute Gasteiger partial charge is 0.309 e. The number of nitrogens with zero attached hydrogens (tertiary/aromatic N) is 1. The molecule has 0 aliphatic rings. The maximum atomic E-state index is 2.42. The lowest BCUT2D eigenvalue weighted by Crippen LogP contribution is -2.11. The molecule has 3 aromatic carbocycles. The molecular weight excluding hydrogens is 302 g/mol. The quantitative estimate of drug-likeness (QED) is 0.389. The highest BCUT2D eigenvalue weighted by Gasteiger charge is 2.21. The Morgan fingerprint density at radius 2 is 1.52 bits per heavy atom. The number of rotatable bonds is 2. The Bertz CT molecular complexity index is 1060. The fourth-order valence-electron chi connectivity index (χ4n) is 3.84. The molecule has 0 saturated heterocycles. The number of benzene rings is 3. The van der Waals surface area contributed by atoms with E-state index in [4.69, 9.17) is 0 Å². The third-order valence-electron chi connectivity index (χ3n) is 5.08. The van der Waals surface area contributed by atoms with E-state index in [9.17, 15) is 0 Å². The first-order valence-corrected chi connectivity index (χ1v) is 9.12. The number of aryl methyl sites for hydroxylation is 1. The first-order chi connectivity index (χ1) is 12.0. The second kappa shape index (κ2) is 5.77. The van der Waals surface area contributed by atoms with E-state index in [0.717, 1.165) is 6.42 Å². The molecule has 1 heterocycles. The minimum absolute atomic E-state index is 0.111. The first kappa shape index (κ1) is 16.0. The monoisotopic (exact) mass is 327 g/mol. The van der Waals surface area contributed by atoms with E-state index in [1.54, 1.807) is 0 Å². The van der Waals surface area contributed by atoms with Gasteiger partial charge in [0.05, 0.1) is 11.0 Å². The van der Waals surface area contributed by atoms with Crippen molar-refractivity contribution in [3.63, 3.8) is 0 Å². The molecule has 4 rings (SSSR count). The van der Waals surface area contributed by atoms with E-state index in [2.05, 4.69) is 99.0 Å². The molecule has 1 aromatic heterocycles. The second-order valence-corrected chi connectivity index (χ2v) is 7.83. The third kappa shape index (κ3) is 2.55. The topological polar surface area (TPSA) is 4.93 Å². The summed E-state index contributed by atoms with van der Waals surface area (Å²) in [6, 6.07) is 24.4.